The molecule has 1 atom stereocenters. The van der Waals surface area contributed by atoms with Crippen molar-refractivity contribution >= 4 is 5.91 Å². The zero-order valence-electron chi connectivity index (χ0n) is 15.2. The Kier molecular flexibility index (Phi) is 5.58. The number of carbonyl (C=O) groups is 1. The van der Waals surface area contributed by atoms with Gasteiger partial charge in [-0.3, -0.25) is 4.79 Å². The van der Waals surface area contributed by atoms with E-state index in [0.717, 1.165) is 11.3 Å². The molecule has 1 heterocycles. The van der Waals surface area contributed by atoms with Crippen molar-refractivity contribution in [1.29, 1.82) is 5.26 Å². The fraction of sp³-hybridized carbons (Fsp3) is 0.182. The summed E-state index contributed by atoms with van der Waals surface area (Å²) in [7, 11) is 0. The van der Waals surface area contributed by atoms with E-state index in [0.29, 0.717) is 22.6 Å². The van der Waals surface area contributed by atoms with E-state index in [9.17, 15) is 4.79 Å². The molecule has 0 radical (unpaired) electrons. The summed E-state index contributed by atoms with van der Waals surface area (Å²) >= 11 is 0. The summed E-state index contributed by atoms with van der Waals surface area (Å²) in [5.74, 6) is 1.87. The highest BCUT2D eigenvalue weighted by atomic mass is 16.5. The fourth-order valence-electron chi connectivity index (χ4n) is 2.68. The fourth-order valence-corrected chi connectivity index (χ4v) is 2.68. The lowest BCUT2D eigenvalue weighted by atomic mass is 10.1. The van der Waals surface area contributed by atoms with E-state index in [4.69, 9.17) is 14.4 Å². The molecule has 1 amide bonds. The smallest absolute Gasteiger partial charge is 0.251 e. The van der Waals surface area contributed by atoms with Gasteiger partial charge in [0, 0.05) is 11.1 Å². The molecular weight excluding hydrogens is 340 g/mol. The van der Waals surface area contributed by atoms with Gasteiger partial charge < -0.3 is 14.5 Å². The SMILES string of the molecule is Cc1ccc(C(C)NC(=O)c2cccc(OCc3ccccc3C#N)c2)o1. The minimum Gasteiger partial charge on any atom is -0.489 e. The van der Waals surface area contributed by atoms with E-state index >= 15 is 0 Å². The van der Waals surface area contributed by atoms with Crippen molar-refractivity contribution < 1.29 is 13.9 Å². The van der Waals surface area contributed by atoms with E-state index in [-0.39, 0.29) is 18.6 Å². The average Bonchev–Trinajstić information content (AvgIpc) is 3.13. The lowest BCUT2D eigenvalue weighted by molar-refractivity contribution is 0.0934. The first kappa shape index (κ1) is 18.3. The van der Waals surface area contributed by atoms with Gasteiger partial charge >= 0.3 is 0 Å². The maximum Gasteiger partial charge on any atom is 0.251 e. The second-order valence-electron chi connectivity index (χ2n) is 6.23. The quantitative estimate of drug-likeness (QED) is 0.701. The summed E-state index contributed by atoms with van der Waals surface area (Å²) in [6.07, 6.45) is 0. The molecule has 1 unspecified atom stereocenters. The second kappa shape index (κ2) is 8.24. The standard InChI is InChI=1S/C22H20N2O3/c1-15-10-11-21(27-15)16(2)24-22(25)17-8-5-9-20(12-17)26-14-19-7-4-3-6-18(19)13-23/h3-12,16H,14H2,1-2H3,(H,24,25). The third kappa shape index (κ3) is 4.56. The first-order chi connectivity index (χ1) is 13.1. The molecular formula is C22H20N2O3. The topological polar surface area (TPSA) is 75.3 Å². The molecule has 0 saturated heterocycles. The third-order valence-corrected chi connectivity index (χ3v) is 4.16. The van der Waals surface area contributed by atoms with Crippen LogP contribution in [-0.4, -0.2) is 5.91 Å². The van der Waals surface area contributed by atoms with E-state index in [1.807, 2.05) is 44.2 Å². The number of aryl methyl sites for hydroxylation is 1. The van der Waals surface area contributed by atoms with Crippen LogP contribution in [-0.2, 0) is 6.61 Å². The number of amides is 1. The van der Waals surface area contributed by atoms with Crippen molar-refractivity contribution in [1.82, 2.24) is 5.32 Å². The van der Waals surface area contributed by atoms with Crippen LogP contribution in [0.2, 0.25) is 0 Å². The summed E-state index contributed by atoms with van der Waals surface area (Å²) < 4.78 is 11.3. The Morgan fingerprint density at radius 1 is 1.19 bits per heavy atom. The van der Waals surface area contributed by atoms with Crippen LogP contribution < -0.4 is 10.1 Å². The number of hydrogen-bond donors (Lipinski definition) is 1. The van der Waals surface area contributed by atoms with Gasteiger partial charge in [0.25, 0.3) is 5.91 Å². The van der Waals surface area contributed by atoms with Crippen molar-refractivity contribution in [2.24, 2.45) is 0 Å². The maximum absolute atomic E-state index is 12.5. The molecule has 0 saturated carbocycles. The van der Waals surface area contributed by atoms with Crippen LogP contribution >= 0.6 is 0 Å². The Labute approximate surface area is 158 Å². The highest BCUT2D eigenvalue weighted by molar-refractivity contribution is 5.94. The zero-order valence-corrected chi connectivity index (χ0v) is 15.2. The van der Waals surface area contributed by atoms with E-state index in [1.54, 1.807) is 30.3 Å². The van der Waals surface area contributed by atoms with Crippen LogP contribution in [0.5, 0.6) is 5.75 Å². The Morgan fingerprint density at radius 2 is 2.00 bits per heavy atom. The van der Waals surface area contributed by atoms with Gasteiger partial charge in [0.1, 0.15) is 23.9 Å². The van der Waals surface area contributed by atoms with Crippen molar-refractivity contribution in [3.05, 3.63) is 88.9 Å². The molecule has 0 aliphatic carbocycles. The van der Waals surface area contributed by atoms with E-state index < -0.39 is 0 Å². The molecule has 0 spiro atoms. The minimum absolute atomic E-state index is 0.209. The second-order valence-corrected chi connectivity index (χ2v) is 6.23. The molecule has 3 rings (SSSR count). The number of nitriles is 1. The summed E-state index contributed by atoms with van der Waals surface area (Å²) in [6.45, 7) is 4.00. The third-order valence-electron chi connectivity index (χ3n) is 4.16. The Bertz CT molecular complexity index is 985. The van der Waals surface area contributed by atoms with Gasteiger partial charge in [0.2, 0.25) is 0 Å². The van der Waals surface area contributed by atoms with Gasteiger partial charge in [-0.15, -0.1) is 0 Å². The van der Waals surface area contributed by atoms with Crippen LogP contribution in [0.1, 0.15) is 46.0 Å². The predicted molar refractivity (Wildman–Crippen MR) is 101 cm³/mol. The molecule has 3 aromatic rings. The first-order valence-corrected chi connectivity index (χ1v) is 8.65. The summed E-state index contributed by atoms with van der Waals surface area (Å²) in [4.78, 5) is 12.5. The Morgan fingerprint density at radius 3 is 2.74 bits per heavy atom. The Balaban J connectivity index is 1.66. The van der Waals surface area contributed by atoms with Crippen LogP contribution in [0.25, 0.3) is 0 Å². The van der Waals surface area contributed by atoms with Crippen molar-refractivity contribution in [3.63, 3.8) is 0 Å². The van der Waals surface area contributed by atoms with Gasteiger partial charge in [-0.25, -0.2) is 0 Å². The van der Waals surface area contributed by atoms with Gasteiger partial charge in [-0.2, -0.15) is 5.26 Å². The highest BCUT2D eigenvalue weighted by Gasteiger charge is 2.14. The number of nitrogens with one attached hydrogen (secondary N) is 1. The Hall–Kier alpha value is -3.52. The number of hydrogen-bond acceptors (Lipinski definition) is 4. The molecule has 136 valence electrons. The maximum atomic E-state index is 12.5. The van der Waals surface area contributed by atoms with Crippen molar-refractivity contribution in [2.45, 2.75) is 26.5 Å². The highest BCUT2D eigenvalue weighted by Crippen LogP contribution is 2.19. The molecule has 27 heavy (non-hydrogen) atoms. The van der Waals surface area contributed by atoms with Gasteiger partial charge in [-0.05, 0) is 50.2 Å². The van der Waals surface area contributed by atoms with Crippen LogP contribution in [0, 0.1) is 18.3 Å². The van der Waals surface area contributed by atoms with Gasteiger partial charge in [0.15, 0.2) is 0 Å². The molecule has 1 aromatic heterocycles. The van der Waals surface area contributed by atoms with E-state index in [2.05, 4.69) is 11.4 Å². The van der Waals surface area contributed by atoms with Crippen LogP contribution in [0.4, 0.5) is 0 Å². The lowest BCUT2D eigenvalue weighted by Gasteiger charge is -2.13. The molecule has 5 heteroatoms. The normalized spacial score (nSPS) is 11.4. The number of ether oxygens (including phenoxy) is 1. The molecule has 0 aliphatic rings. The number of carbonyl (C=O) groups excluding carboxylic acids is 1. The zero-order chi connectivity index (χ0) is 19.2. The van der Waals surface area contributed by atoms with Gasteiger partial charge in [-0.1, -0.05) is 24.3 Å². The summed E-state index contributed by atoms with van der Waals surface area (Å²) in [5, 5.41) is 12.1. The summed E-state index contributed by atoms with van der Waals surface area (Å²) in [5.41, 5.74) is 1.88. The molecule has 2 aromatic carbocycles. The van der Waals surface area contributed by atoms with Crippen molar-refractivity contribution in [3.8, 4) is 11.8 Å². The number of benzene rings is 2. The number of rotatable bonds is 6. The monoisotopic (exact) mass is 360 g/mol. The first-order valence-electron chi connectivity index (χ1n) is 8.65. The van der Waals surface area contributed by atoms with Crippen molar-refractivity contribution in [2.75, 3.05) is 0 Å². The molecule has 0 aliphatic heterocycles. The van der Waals surface area contributed by atoms with Crippen LogP contribution in [0.3, 0.4) is 0 Å². The lowest BCUT2D eigenvalue weighted by Crippen LogP contribution is -2.26. The van der Waals surface area contributed by atoms with Gasteiger partial charge in [0.05, 0.1) is 17.7 Å². The van der Waals surface area contributed by atoms with Crippen LogP contribution in [0.15, 0.2) is 65.1 Å². The predicted octanol–water partition coefficient (Wildman–Crippen LogP) is 4.53. The number of furan rings is 1. The molecule has 5 nitrogen and oxygen atoms in total. The molecule has 0 bridgehead atoms. The molecule has 1 N–H and O–H groups in total. The number of nitrogens with zero attached hydrogens (tertiary/aromatic N) is 1. The average molecular weight is 360 g/mol. The largest absolute Gasteiger partial charge is 0.489 e. The minimum atomic E-state index is -0.238. The molecule has 0 fully saturated rings. The summed E-state index contributed by atoms with van der Waals surface area (Å²) in [6, 6.07) is 19.9. The van der Waals surface area contributed by atoms with E-state index in [1.165, 1.54) is 0 Å².